The van der Waals surface area contributed by atoms with Crippen LogP contribution < -0.4 is 0 Å². The van der Waals surface area contributed by atoms with Crippen molar-refractivity contribution in [3.05, 3.63) is 0 Å². The third-order valence-electron chi connectivity index (χ3n) is 0.998. The summed E-state index contributed by atoms with van der Waals surface area (Å²) in [4.78, 5) is 0. The predicted octanol–water partition coefficient (Wildman–Crippen LogP) is 2.34. The molecule has 0 amide bonds. The Morgan fingerprint density at radius 2 is 1.89 bits per heavy atom. The van der Waals surface area contributed by atoms with Gasteiger partial charge in [0.25, 0.3) is 0 Å². The first kappa shape index (κ1) is 9.66. The van der Waals surface area contributed by atoms with Crippen LogP contribution in [-0.2, 0) is 4.74 Å². The van der Waals surface area contributed by atoms with Crippen molar-refractivity contribution in [1.29, 1.82) is 0 Å². The Kier molecular flexibility index (Phi) is 4.80. The zero-order valence-electron chi connectivity index (χ0n) is 5.92. The second kappa shape index (κ2) is 4.47. The van der Waals surface area contributed by atoms with Crippen LogP contribution in [0.4, 0.5) is 0 Å². The SMILES string of the molecule is CCCOC(S)(S)CC. The maximum absolute atomic E-state index is 5.26. The van der Waals surface area contributed by atoms with E-state index in [9.17, 15) is 0 Å². The molecule has 0 N–H and O–H groups in total. The molecule has 0 radical (unpaired) electrons. The van der Waals surface area contributed by atoms with Crippen molar-refractivity contribution in [2.24, 2.45) is 0 Å². The monoisotopic (exact) mass is 166 g/mol. The van der Waals surface area contributed by atoms with E-state index in [1.165, 1.54) is 0 Å². The number of rotatable bonds is 4. The molecule has 0 rings (SSSR count). The van der Waals surface area contributed by atoms with Gasteiger partial charge in [0.1, 0.15) is 0 Å². The maximum Gasteiger partial charge on any atom is 0.154 e. The van der Waals surface area contributed by atoms with Crippen LogP contribution in [0.2, 0.25) is 0 Å². The summed E-state index contributed by atoms with van der Waals surface area (Å²) in [6, 6.07) is 0. The van der Waals surface area contributed by atoms with Crippen molar-refractivity contribution in [1.82, 2.24) is 0 Å². The Morgan fingerprint density at radius 3 is 2.22 bits per heavy atom. The highest BCUT2D eigenvalue weighted by atomic mass is 32.2. The quantitative estimate of drug-likeness (QED) is 0.481. The molecule has 0 aromatic rings. The maximum atomic E-state index is 5.26. The van der Waals surface area contributed by atoms with Gasteiger partial charge >= 0.3 is 0 Å². The standard InChI is InChI=1S/C6H14OS2/c1-3-5-7-6(8,9)4-2/h8-9H,3-5H2,1-2H3. The molecule has 0 aliphatic carbocycles. The summed E-state index contributed by atoms with van der Waals surface area (Å²) >= 11 is 8.33. The number of ether oxygens (including phenoxy) is 1. The molecule has 0 aromatic heterocycles. The van der Waals surface area contributed by atoms with E-state index in [1.54, 1.807) is 0 Å². The van der Waals surface area contributed by atoms with Gasteiger partial charge in [-0.25, -0.2) is 0 Å². The van der Waals surface area contributed by atoms with Crippen LogP contribution in [0.25, 0.3) is 0 Å². The fourth-order valence-electron chi connectivity index (χ4n) is 0.368. The zero-order chi connectivity index (χ0) is 7.33. The third-order valence-corrected chi connectivity index (χ3v) is 1.89. The molecule has 3 heteroatoms. The minimum Gasteiger partial charge on any atom is -0.355 e. The Bertz CT molecular complexity index is 73.5. The number of hydrogen-bond acceptors (Lipinski definition) is 3. The van der Waals surface area contributed by atoms with Gasteiger partial charge in [-0.1, -0.05) is 13.8 Å². The highest BCUT2D eigenvalue weighted by Gasteiger charge is 2.16. The van der Waals surface area contributed by atoms with Crippen molar-refractivity contribution in [3.63, 3.8) is 0 Å². The molecule has 0 aromatic carbocycles. The van der Waals surface area contributed by atoms with Gasteiger partial charge in [0, 0.05) is 6.61 Å². The van der Waals surface area contributed by atoms with Crippen molar-refractivity contribution in [3.8, 4) is 0 Å². The lowest BCUT2D eigenvalue weighted by Gasteiger charge is -2.20. The lowest BCUT2D eigenvalue weighted by atomic mass is 10.5. The second-order valence-corrected chi connectivity index (χ2v) is 3.74. The Hall–Kier alpha value is 0.660. The van der Waals surface area contributed by atoms with E-state index in [4.69, 9.17) is 4.74 Å². The van der Waals surface area contributed by atoms with Crippen LogP contribution in [-0.4, -0.2) is 10.9 Å². The van der Waals surface area contributed by atoms with E-state index in [1.807, 2.05) is 6.92 Å². The first-order valence-electron chi connectivity index (χ1n) is 3.21. The van der Waals surface area contributed by atoms with Gasteiger partial charge in [-0.3, -0.25) is 0 Å². The average molecular weight is 166 g/mol. The van der Waals surface area contributed by atoms with Gasteiger partial charge in [-0.15, -0.1) is 25.3 Å². The van der Waals surface area contributed by atoms with E-state index >= 15 is 0 Å². The third kappa shape index (κ3) is 5.12. The summed E-state index contributed by atoms with van der Waals surface area (Å²) in [6.07, 6.45) is 1.84. The van der Waals surface area contributed by atoms with Crippen molar-refractivity contribution in [2.75, 3.05) is 6.61 Å². The minimum atomic E-state index is -0.518. The molecule has 0 saturated heterocycles. The summed E-state index contributed by atoms with van der Waals surface area (Å²) in [5.74, 6) is 0. The topological polar surface area (TPSA) is 9.23 Å². The van der Waals surface area contributed by atoms with Crippen LogP contribution in [0, 0.1) is 0 Å². The molecular weight excluding hydrogens is 152 g/mol. The lowest BCUT2D eigenvalue weighted by molar-refractivity contribution is 0.0902. The molecule has 0 unspecified atom stereocenters. The smallest absolute Gasteiger partial charge is 0.154 e. The van der Waals surface area contributed by atoms with Crippen molar-refractivity contribution < 1.29 is 4.74 Å². The first-order valence-corrected chi connectivity index (χ1v) is 4.10. The minimum absolute atomic E-state index is 0.518. The van der Waals surface area contributed by atoms with E-state index in [0.717, 1.165) is 19.4 Å². The molecule has 0 fully saturated rings. The largest absolute Gasteiger partial charge is 0.355 e. The van der Waals surface area contributed by atoms with E-state index in [-0.39, 0.29) is 0 Å². The fraction of sp³-hybridized carbons (Fsp3) is 1.00. The van der Waals surface area contributed by atoms with Crippen molar-refractivity contribution in [2.45, 2.75) is 31.0 Å². The fourth-order valence-corrected chi connectivity index (χ4v) is 0.550. The molecule has 1 nitrogen and oxygen atoms in total. The highest BCUT2D eigenvalue weighted by molar-refractivity contribution is 8.00. The van der Waals surface area contributed by atoms with Gasteiger partial charge < -0.3 is 4.74 Å². The van der Waals surface area contributed by atoms with E-state index < -0.39 is 4.27 Å². The van der Waals surface area contributed by atoms with Gasteiger partial charge in [-0.05, 0) is 12.8 Å². The first-order chi connectivity index (χ1) is 4.12. The van der Waals surface area contributed by atoms with E-state index in [0.29, 0.717) is 0 Å². The summed E-state index contributed by atoms with van der Waals surface area (Å²) in [5, 5.41) is 0. The molecule has 0 atom stereocenters. The Labute approximate surface area is 68.0 Å². The summed E-state index contributed by atoms with van der Waals surface area (Å²) in [6.45, 7) is 4.80. The summed E-state index contributed by atoms with van der Waals surface area (Å²) < 4.78 is 4.74. The van der Waals surface area contributed by atoms with Gasteiger partial charge in [0.15, 0.2) is 4.27 Å². The van der Waals surface area contributed by atoms with Gasteiger partial charge in [-0.2, -0.15) is 0 Å². The number of hydrogen-bond donors (Lipinski definition) is 2. The predicted molar refractivity (Wildman–Crippen MR) is 47.2 cm³/mol. The van der Waals surface area contributed by atoms with Crippen LogP contribution >= 0.6 is 25.3 Å². The second-order valence-electron chi connectivity index (χ2n) is 1.95. The molecule has 0 spiro atoms. The normalized spacial score (nSPS) is 12.0. The van der Waals surface area contributed by atoms with Crippen LogP contribution in [0.1, 0.15) is 26.7 Å². The van der Waals surface area contributed by atoms with Gasteiger partial charge in [0.05, 0.1) is 0 Å². The average Bonchev–Trinajstić information content (AvgIpc) is 1.84. The van der Waals surface area contributed by atoms with Crippen molar-refractivity contribution >= 4 is 25.3 Å². The van der Waals surface area contributed by atoms with Crippen LogP contribution in [0.5, 0.6) is 0 Å². The summed E-state index contributed by atoms with van der Waals surface area (Å²) in [5.41, 5.74) is 0. The molecule has 0 bridgehead atoms. The zero-order valence-corrected chi connectivity index (χ0v) is 7.71. The Balaban J connectivity index is 3.33. The van der Waals surface area contributed by atoms with Gasteiger partial charge in [0.2, 0.25) is 0 Å². The summed E-state index contributed by atoms with van der Waals surface area (Å²) in [7, 11) is 0. The van der Waals surface area contributed by atoms with Crippen LogP contribution in [0.15, 0.2) is 0 Å². The van der Waals surface area contributed by atoms with E-state index in [2.05, 4.69) is 32.2 Å². The molecule has 9 heavy (non-hydrogen) atoms. The number of thiol groups is 2. The highest BCUT2D eigenvalue weighted by Crippen LogP contribution is 2.24. The molecule has 56 valence electrons. The molecular formula is C6H14OS2. The molecule has 0 aliphatic rings. The van der Waals surface area contributed by atoms with Crippen LogP contribution in [0.3, 0.4) is 0 Å². The molecule has 0 aliphatic heterocycles. The molecule has 0 heterocycles. The Morgan fingerprint density at radius 1 is 1.33 bits per heavy atom. The lowest BCUT2D eigenvalue weighted by Crippen LogP contribution is -2.16. The molecule has 0 saturated carbocycles.